The third kappa shape index (κ3) is 3.11. The summed E-state index contributed by atoms with van der Waals surface area (Å²) >= 11 is 0. The van der Waals surface area contributed by atoms with E-state index in [1.54, 1.807) is 0 Å². The van der Waals surface area contributed by atoms with E-state index in [1.807, 2.05) is 0 Å². The van der Waals surface area contributed by atoms with E-state index in [1.165, 1.54) is 25.7 Å². The molecule has 4 heteroatoms. The van der Waals surface area contributed by atoms with Crippen LogP contribution in [0.3, 0.4) is 0 Å². The van der Waals surface area contributed by atoms with Gasteiger partial charge in [0.15, 0.2) is 0 Å². The number of hydrogen-bond donors (Lipinski definition) is 1. The molecule has 3 fully saturated rings. The molecule has 1 amide bonds. The Morgan fingerprint density at radius 1 is 0.947 bits per heavy atom. The van der Waals surface area contributed by atoms with Crippen molar-refractivity contribution in [3.63, 3.8) is 0 Å². The lowest BCUT2D eigenvalue weighted by atomic mass is 9.88. The summed E-state index contributed by atoms with van der Waals surface area (Å²) in [7, 11) is 0. The van der Waals surface area contributed by atoms with Gasteiger partial charge < -0.3 is 10.2 Å². The van der Waals surface area contributed by atoms with Gasteiger partial charge in [-0.05, 0) is 25.8 Å². The Bertz CT molecular complexity index is 301. The zero-order valence-electron chi connectivity index (χ0n) is 11.9. The smallest absolute Gasteiger partial charge is 0.225 e. The highest BCUT2D eigenvalue weighted by Crippen LogP contribution is 2.26. The lowest BCUT2D eigenvalue weighted by Crippen LogP contribution is -2.53. The second-order valence-corrected chi connectivity index (χ2v) is 6.34. The molecule has 0 spiro atoms. The lowest BCUT2D eigenvalue weighted by molar-refractivity contribution is -0.138. The first kappa shape index (κ1) is 13.4. The van der Waals surface area contributed by atoms with Gasteiger partial charge in [0, 0.05) is 44.7 Å². The van der Waals surface area contributed by atoms with Crippen LogP contribution in [0.1, 0.15) is 38.5 Å². The van der Waals surface area contributed by atoms with Crippen LogP contribution in [0.25, 0.3) is 0 Å². The summed E-state index contributed by atoms with van der Waals surface area (Å²) in [6.45, 7) is 6.34. The molecule has 0 aromatic rings. The molecule has 19 heavy (non-hydrogen) atoms. The summed E-state index contributed by atoms with van der Waals surface area (Å²) in [5.41, 5.74) is 0. The number of carbonyl (C=O) groups is 1. The molecular weight excluding hydrogens is 238 g/mol. The van der Waals surface area contributed by atoms with Crippen LogP contribution in [-0.4, -0.2) is 61.0 Å². The van der Waals surface area contributed by atoms with E-state index in [0.29, 0.717) is 17.9 Å². The van der Waals surface area contributed by atoms with Gasteiger partial charge in [-0.15, -0.1) is 0 Å². The fraction of sp³-hybridized carbons (Fsp3) is 0.933. The average Bonchev–Trinajstić information content (AvgIpc) is 3.02. The number of rotatable bonds is 2. The zero-order chi connectivity index (χ0) is 13.1. The standard InChI is InChI=1S/C15H27N3O/c19-15(13-4-2-1-3-5-13)18-10-8-17(9-11-18)14-6-7-16-12-14/h13-14,16H,1-12H2. The summed E-state index contributed by atoms with van der Waals surface area (Å²) in [5.74, 6) is 0.789. The van der Waals surface area contributed by atoms with E-state index in [4.69, 9.17) is 0 Å². The minimum atomic E-state index is 0.341. The average molecular weight is 265 g/mol. The molecule has 3 rings (SSSR count). The van der Waals surface area contributed by atoms with Crippen molar-refractivity contribution in [1.82, 2.24) is 15.1 Å². The predicted octanol–water partition coefficient (Wildman–Crippen LogP) is 1.07. The maximum atomic E-state index is 12.5. The van der Waals surface area contributed by atoms with Gasteiger partial charge in [0.05, 0.1) is 0 Å². The van der Waals surface area contributed by atoms with E-state index in [-0.39, 0.29) is 0 Å². The molecule has 0 radical (unpaired) electrons. The Labute approximate surface area is 116 Å². The largest absolute Gasteiger partial charge is 0.340 e. The summed E-state index contributed by atoms with van der Waals surface area (Å²) in [4.78, 5) is 17.2. The van der Waals surface area contributed by atoms with Crippen molar-refractivity contribution in [2.24, 2.45) is 5.92 Å². The van der Waals surface area contributed by atoms with Crippen LogP contribution in [0.2, 0.25) is 0 Å². The normalized spacial score (nSPS) is 30.7. The summed E-state index contributed by atoms with van der Waals surface area (Å²) < 4.78 is 0. The molecule has 2 heterocycles. The van der Waals surface area contributed by atoms with Crippen molar-refractivity contribution >= 4 is 5.91 Å². The van der Waals surface area contributed by atoms with Crippen LogP contribution in [0.4, 0.5) is 0 Å². The number of nitrogens with zero attached hydrogens (tertiary/aromatic N) is 2. The third-order valence-electron chi connectivity index (χ3n) is 5.13. The first-order chi connectivity index (χ1) is 9.34. The Morgan fingerprint density at radius 3 is 2.32 bits per heavy atom. The van der Waals surface area contributed by atoms with Gasteiger partial charge in [0.25, 0.3) is 0 Å². The summed E-state index contributed by atoms with van der Waals surface area (Å²) in [6, 6.07) is 0.715. The lowest BCUT2D eigenvalue weighted by Gasteiger charge is -2.39. The Balaban J connectivity index is 1.47. The van der Waals surface area contributed by atoms with E-state index in [0.717, 1.165) is 52.1 Å². The molecular formula is C15H27N3O. The summed E-state index contributed by atoms with van der Waals surface area (Å²) in [6.07, 6.45) is 7.37. The molecule has 3 aliphatic rings. The maximum Gasteiger partial charge on any atom is 0.225 e. The van der Waals surface area contributed by atoms with Gasteiger partial charge in [0.1, 0.15) is 0 Å². The number of nitrogens with one attached hydrogen (secondary N) is 1. The SMILES string of the molecule is O=C(C1CCCCC1)N1CCN(C2CCNC2)CC1. The molecule has 1 aliphatic carbocycles. The molecule has 108 valence electrons. The molecule has 0 aromatic heterocycles. The Morgan fingerprint density at radius 2 is 1.68 bits per heavy atom. The number of amides is 1. The van der Waals surface area contributed by atoms with Crippen molar-refractivity contribution in [3.8, 4) is 0 Å². The molecule has 1 atom stereocenters. The highest BCUT2D eigenvalue weighted by atomic mass is 16.2. The monoisotopic (exact) mass is 265 g/mol. The van der Waals surface area contributed by atoms with Crippen molar-refractivity contribution in [1.29, 1.82) is 0 Å². The van der Waals surface area contributed by atoms with Gasteiger partial charge in [0.2, 0.25) is 5.91 Å². The molecule has 0 aromatic carbocycles. The molecule has 0 bridgehead atoms. The number of piperazine rings is 1. The van der Waals surface area contributed by atoms with Crippen LogP contribution in [0.15, 0.2) is 0 Å². The van der Waals surface area contributed by atoms with Crippen molar-refractivity contribution in [2.75, 3.05) is 39.3 Å². The third-order valence-corrected chi connectivity index (χ3v) is 5.13. The molecule has 1 saturated carbocycles. The first-order valence-corrected chi connectivity index (χ1v) is 8.08. The minimum Gasteiger partial charge on any atom is -0.340 e. The van der Waals surface area contributed by atoms with E-state index >= 15 is 0 Å². The second-order valence-electron chi connectivity index (χ2n) is 6.34. The van der Waals surface area contributed by atoms with E-state index in [2.05, 4.69) is 15.1 Å². The highest BCUT2D eigenvalue weighted by Gasteiger charge is 2.31. The van der Waals surface area contributed by atoms with Crippen LogP contribution in [0.5, 0.6) is 0 Å². The van der Waals surface area contributed by atoms with Gasteiger partial charge in [-0.3, -0.25) is 9.69 Å². The molecule has 2 aliphatic heterocycles. The number of hydrogen-bond acceptors (Lipinski definition) is 3. The van der Waals surface area contributed by atoms with Gasteiger partial charge in [-0.2, -0.15) is 0 Å². The van der Waals surface area contributed by atoms with Crippen LogP contribution in [-0.2, 0) is 4.79 Å². The highest BCUT2D eigenvalue weighted by molar-refractivity contribution is 5.79. The topological polar surface area (TPSA) is 35.6 Å². The van der Waals surface area contributed by atoms with Gasteiger partial charge in [-0.25, -0.2) is 0 Å². The van der Waals surface area contributed by atoms with Crippen LogP contribution < -0.4 is 5.32 Å². The van der Waals surface area contributed by atoms with Crippen molar-refractivity contribution < 1.29 is 4.79 Å². The van der Waals surface area contributed by atoms with Crippen molar-refractivity contribution in [3.05, 3.63) is 0 Å². The molecule has 2 saturated heterocycles. The van der Waals surface area contributed by atoms with E-state index in [9.17, 15) is 4.79 Å². The van der Waals surface area contributed by atoms with Gasteiger partial charge >= 0.3 is 0 Å². The summed E-state index contributed by atoms with van der Waals surface area (Å²) in [5, 5.41) is 3.43. The number of carbonyl (C=O) groups excluding carboxylic acids is 1. The minimum absolute atomic E-state index is 0.341. The fourth-order valence-electron chi connectivity index (χ4n) is 3.87. The maximum absolute atomic E-state index is 12.5. The Hall–Kier alpha value is -0.610. The zero-order valence-corrected chi connectivity index (χ0v) is 11.9. The quantitative estimate of drug-likeness (QED) is 0.811. The van der Waals surface area contributed by atoms with Gasteiger partial charge in [-0.1, -0.05) is 19.3 Å². The van der Waals surface area contributed by atoms with E-state index < -0.39 is 0 Å². The second kappa shape index (κ2) is 6.23. The van der Waals surface area contributed by atoms with Crippen LogP contribution >= 0.6 is 0 Å². The molecule has 4 nitrogen and oxygen atoms in total. The van der Waals surface area contributed by atoms with Crippen molar-refractivity contribution in [2.45, 2.75) is 44.6 Å². The van der Waals surface area contributed by atoms with Crippen LogP contribution in [0, 0.1) is 5.92 Å². The predicted molar refractivity (Wildman–Crippen MR) is 76.0 cm³/mol. The molecule has 1 unspecified atom stereocenters. The fourth-order valence-corrected chi connectivity index (χ4v) is 3.87. The Kier molecular flexibility index (Phi) is 4.38. The molecule has 1 N–H and O–H groups in total. The first-order valence-electron chi connectivity index (χ1n) is 8.08.